The summed E-state index contributed by atoms with van der Waals surface area (Å²) in [5.74, 6) is -0.230. The second-order valence-electron chi connectivity index (χ2n) is 5.99. The zero-order valence-electron chi connectivity index (χ0n) is 14.6. The molecule has 0 bridgehead atoms. The van der Waals surface area contributed by atoms with Gasteiger partial charge in [0, 0.05) is 23.1 Å². The van der Waals surface area contributed by atoms with Gasteiger partial charge in [-0.05, 0) is 43.7 Å². The van der Waals surface area contributed by atoms with Crippen LogP contribution < -0.4 is 10.6 Å². The van der Waals surface area contributed by atoms with Crippen LogP contribution >= 0.6 is 0 Å². The Labute approximate surface area is 152 Å². The van der Waals surface area contributed by atoms with Gasteiger partial charge in [-0.1, -0.05) is 30.3 Å². The van der Waals surface area contributed by atoms with E-state index in [1.807, 2.05) is 37.3 Å². The Kier molecular flexibility index (Phi) is 5.08. The van der Waals surface area contributed by atoms with Crippen LogP contribution in [0.1, 0.15) is 33.2 Å². The van der Waals surface area contributed by atoms with Gasteiger partial charge in [-0.3, -0.25) is 14.6 Å². The first-order chi connectivity index (χ1) is 12.5. The van der Waals surface area contributed by atoms with Crippen molar-refractivity contribution in [3.05, 3.63) is 83.7 Å². The number of para-hydroxylation sites is 1. The minimum Gasteiger partial charge on any atom is -0.354 e. The average Bonchev–Trinajstić information content (AvgIpc) is 2.64. The van der Waals surface area contributed by atoms with E-state index in [1.54, 1.807) is 30.5 Å². The summed E-state index contributed by atoms with van der Waals surface area (Å²) in [6.07, 6.45) is 3.15. The molecule has 0 radical (unpaired) electrons. The first-order valence-electron chi connectivity index (χ1n) is 8.23. The Morgan fingerprint density at radius 1 is 0.885 bits per heavy atom. The zero-order valence-corrected chi connectivity index (χ0v) is 14.6. The van der Waals surface area contributed by atoms with E-state index in [0.29, 0.717) is 16.8 Å². The number of Topliss-reactive ketones (excluding diaryl/α,β-unsaturated/α-hetero) is 1. The first kappa shape index (κ1) is 17.4. The average molecular weight is 345 g/mol. The van der Waals surface area contributed by atoms with E-state index in [1.165, 1.54) is 13.1 Å². The lowest BCUT2D eigenvalue weighted by atomic mass is 10.1. The van der Waals surface area contributed by atoms with Crippen LogP contribution in [0.25, 0.3) is 0 Å². The summed E-state index contributed by atoms with van der Waals surface area (Å²) in [5, 5.41) is 6.07. The molecule has 0 aliphatic carbocycles. The van der Waals surface area contributed by atoms with E-state index in [2.05, 4.69) is 15.6 Å². The highest BCUT2D eigenvalue weighted by Crippen LogP contribution is 2.20. The van der Waals surface area contributed by atoms with Crippen LogP contribution in [0.5, 0.6) is 0 Å². The number of benzene rings is 2. The number of nitrogens with zero attached hydrogens (tertiary/aromatic N) is 1. The second kappa shape index (κ2) is 7.61. The molecule has 0 unspecified atom stereocenters. The highest BCUT2D eigenvalue weighted by atomic mass is 16.1. The molecule has 3 aromatic rings. The van der Waals surface area contributed by atoms with Gasteiger partial charge in [-0.25, -0.2) is 0 Å². The van der Waals surface area contributed by atoms with Crippen molar-refractivity contribution in [3.8, 4) is 0 Å². The van der Waals surface area contributed by atoms with Gasteiger partial charge in [-0.15, -0.1) is 0 Å². The van der Waals surface area contributed by atoms with Crippen molar-refractivity contribution in [1.82, 2.24) is 4.98 Å². The van der Waals surface area contributed by atoms with Gasteiger partial charge in [0.1, 0.15) is 0 Å². The lowest BCUT2D eigenvalue weighted by Crippen LogP contribution is -2.13. The maximum absolute atomic E-state index is 12.5. The number of rotatable bonds is 5. The van der Waals surface area contributed by atoms with Crippen LogP contribution in [0.2, 0.25) is 0 Å². The van der Waals surface area contributed by atoms with Crippen molar-refractivity contribution >= 4 is 28.8 Å². The molecule has 2 N–H and O–H groups in total. The van der Waals surface area contributed by atoms with Gasteiger partial charge < -0.3 is 10.6 Å². The number of hydrogen-bond donors (Lipinski definition) is 2. The van der Waals surface area contributed by atoms with Crippen molar-refractivity contribution in [1.29, 1.82) is 0 Å². The van der Waals surface area contributed by atoms with Gasteiger partial charge in [0.15, 0.2) is 5.78 Å². The molecular weight excluding hydrogens is 326 g/mol. The van der Waals surface area contributed by atoms with Gasteiger partial charge in [0.2, 0.25) is 0 Å². The van der Waals surface area contributed by atoms with Crippen LogP contribution in [-0.2, 0) is 0 Å². The number of aromatic nitrogens is 1. The Balaban J connectivity index is 1.78. The highest BCUT2D eigenvalue weighted by molar-refractivity contribution is 6.05. The summed E-state index contributed by atoms with van der Waals surface area (Å²) in [6.45, 7) is 3.46. The SMILES string of the molecule is CC(=O)c1cccc(Nc2cncc(C(=O)Nc3ccccc3C)c2)c1. The summed E-state index contributed by atoms with van der Waals surface area (Å²) >= 11 is 0. The van der Waals surface area contributed by atoms with Crippen LogP contribution in [0.4, 0.5) is 17.1 Å². The Bertz CT molecular complexity index is 967. The van der Waals surface area contributed by atoms with E-state index < -0.39 is 0 Å². The lowest BCUT2D eigenvalue weighted by Gasteiger charge is -2.10. The third-order valence-electron chi connectivity index (χ3n) is 3.95. The molecule has 1 heterocycles. The first-order valence-corrected chi connectivity index (χ1v) is 8.23. The number of aryl methyl sites for hydroxylation is 1. The molecule has 0 aliphatic rings. The number of nitrogens with one attached hydrogen (secondary N) is 2. The molecule has 0 spiro atoms. The van der Waals surface area contributed by atoms with E-state index in [4.69, 9.17) is 0 Å². The Hall–Kier alpha value is -3.47. The molecule has 5 heteroatoms. The van der Waals surface area contributed by atoms with Gasteiger partial charge in [0.05, 0.1) is 17.4 Å². The van der Waals surface area contributed by atoms with Crippen molar-refractivity contribution in [2.45, 2.75) is 13.8 Å². The summed E-state index contributed by atoms with van der Waals surface area (Å²) in [4.78, 5) is 28.1. The van der Waals surface area contributed by atoms with Crippen molar-refractivity contribution in [2.24, 2.45) is 0 Å². The number of carbonyl (C=O) groups is 2. The van der Waals surface area contributed by atoms with Gasteiger partial charge in [-0.2, -0.15) is 0 Å². The molecule has 0 atom stereocenters. The molecule has 0 fully saturated rings. The van der Waals surface area contributed by atoms with Crippen LogP contribution in [0.15, 0.2) is 67.0 Å². The quantitative estimate of drug-likeness (QED) is 0.664. The number of anilines is 3. The fourth-order valence-corrected chi connectivity index (χ4v) is 2.52. The number of ketones is 1. The Morgan fingerprint density at radius 2 is 1.65 bits per heavy atom. The molecule has 1 aromatic heterocycles. The van der Waals surface area contributed by atoms with Gasteiger partial charge >= 0.3 is 0 Å². The number of pyridine rings is 1. The fourth-order valence-electron chi connectivity index (χ4n) is 2.52. The fraction of sp³-hybridized carbons (Fsp3) is 0.0952. The van der Waals surface area contributed by atoms with E-state index in [0.717, 1.165) is 16.9 Å². The highest BCUT2D eigenvalue weighted by Gasteiger charge is 2.09. The molecule has 0 saturated carbocycles. The molecule has 5 nitrogen and oxygen atoms in total. The van der Waals surface area contributed by atoms with Crippen molar-refractivity contribution in [3.63, 3.8) is 0 Å². The second-order valence-corrected chi connectivity index (χ2v) is 5.99. The lowest BCUT2D eigenvalue weighted by molar-refractivity contribution is 0.101. The zero-order chi connectivity index (χ0) is 18.5. The van der Waals surface area contributed by atoms with Gasteiger partial charge in [0.25, 0.3) is 5.91 Å². The van der Waals surface area contributed by atoms with E-state index >= 15 is 0 Å². The topological polar surface area (TPSA) is 71.1 Å². The maximum Gasteiger partial charge on any atom is 0.257 e. The molecular formula is C21H19N3O2. The normalized spacial score (nSPS) is 10.2. The molecule has 130 valence electrons. The minimum absolute atomic E-state index is 0.00173. The number of carbonyl (C=O) groups excluding carboxylic acids is 2. The molecule has 3 rings (SSSR count). The monoisotopic (exact) mass is 345 g/mol. The maximum atomic E-state index is 12.5. The smallest absolute Gasteiger partial charge is 0.257 e. The number of hydrogen-bond acceptors (Lipinski definition) is 4. The number of amides is 1. The molecule has 0 saturated heterocycles. The summed E-state index contributed by atoms with van der Waals surface area (Å²) in [5.41, 5.74) is 4.26. The van der Waals surface area contributed by atoms with E-state index in [-0.39, 0.29) is 11.7 Å². The molecule has 2 aromatic carbocycles. The molecule has 26 heavy (non-hydrogen) atoms. The third kappa shape index (κ3) is 4.13. The predicted molar refractivity (Wildman–Crippen MR) is 103 cm³/mol. The standard InChI is InChI=1S/C21H19N3O2/c1-14-6-3-4-9-20(14)24-21(26)17-11-19(13-22-12-17)23-18-8-5-7-16(10-18)15(2)25/h3-13,23H,1-2H3,(H,24,26). The van der Waals surface area contributed by atoms with Crippen LogP contribution in [-0.4, -0.2) is 16.7 Å². The summed E-state index contributed by atoms with van der Waals surface area (Å²) in [6, 6.07) is 16.5. The van der Waals surface area contributed by atoms with Crippen LogP contribution in [0, 0.1) is 6.92 Å². The third-order valence-corrected chi connectivity index (χ3v) is 3.95. The summed E-state index contributed by atoms with van der Waals surface area (Å²) < 4.78 is 0. The van der Waals surface area contributed by atoms with Crippen molar-refractivity contribution < 1.29 is 9.59 Å². The molecule has 1 amide bonds. The Morgan fingerprint density at radius 3 is 2.42 bits per heavy atom. The minimum atomic E-state index is -0.229. The summed E-state index contributed by atoms with van der Waals surface area (Å²) in [7, 11) is 0. The largest absolute Gasteiger partial charge is 0.354 e. The predicted octanol–water partition coefficient (Wildman–Crippen LogP) is 4.59. The van der Waals surface area contributed by atoms with Crippen molar-refractivity contribution in [2.75, 3.05) is 10.6 Å². The van der Waals surface area contributed by atoms with Crippen LogP contribution in [0.3, 0.4) is 0 Å². The molecule has 0 aliphatic heterocycles. The van der Waals surface area contributed by atoms with E-state index in [9.17, 15) is 9.59 Å².